The van der Waals surface area contributed by atoms with Crippen LogP contribution in [0.15, 0.2) is 42.5 Å². The highest BCUT2D eigenvalue weighted by Gasteiger charge is 2.34. The van der Waals surface area contributed by atoms with Crippen LogP contribution in [-0.2, 0) is 0 Å². The molecule has 2 aromatic rings. The molecule has 118 valence electrons. The van der Waals surface area contributed by atoms with Gasteiger partial charge in [-0.3, -0.25) is 20.2 Å². The zero-order chi connectivity index (χ0) is 16.7. The lowest BCUT2D eigenvalue weighted by molar-refractivity contribution is -0.385. The first-order chi connectivity index (χ1) is 10.9. The third kappa shape index (κ3) is 2.40. The van der Waals surface area contributed by atoms with E-state index in [9.17, 15) is 20.2 Å². The Labute approximate surface area is 132 Å². The van der Waals surface area contributed by atoms with Crippen molar-refractivity contribution >= 4 is 22.7 Å². The fourth-order valence-electron chi connectivity index (χ4n) is 3.05. The first-order valence-electron chi connectivity index (χ1n) is 7.22. The van der Waals surface area contributed by atoms with Crippen molar-refractivity contribution in [2.75, 3.05) is 4.90 Å². The van der Waals surface area contributed by atoms with Gasteiger partial charge in [0.1, 0.15) is 0 Å². The standard InChI is InChI=1S/C16H15N3O4/c1-10-11(2)17(12-3-5-13(6-4-12)18(20)21)16-8-7-14(19(22)23)9-15(10)16/h3-11H,1-2H3. The molecular weight excluding hydrogens is 298 g/mol. The molecule has 0 bridgehead atoms. The van der Waals surface area contributed by atoms with Gasteiger partial charge in [0.25, 0.3) is 11.4 Å². The molecule has 1 aliphatic rings. The summed E-state index contributed by atoms with van der Waals surface area (Å²) in [7, 11) is 0. The van der Waals surface area contributed by atoms with Crippen molar-refractivity contribution in [3.8, 4) is 0 Å². The van der Waals surface area contributed by atoms with Gasteiger partial charge in [0, 0.05) is 47.6 Å². The fraction of sp³-hybridized carbons (Fsp3) is 0.250. The van der Waals surface area contributed by atoms with Gasteiger partial charge in [0.05, 0.1) is 9.85 Å². The minimum Gasteiger partial charge on any atom is -0.338 e. The molecule has 0 aromatic heterocycles. The highest BCUT2D eigenvalue weighted by Crippen LogP contribution is 2.46. The van der Waals surface area contributed by atoms with E-state index >= 15 is 0 Å². The summed E-state index contributed by atoms with van der Waals surface area (Å²) in [4.78, 5) is 23.0. The maximum absolute atomic E-state index is 11.0. The lowest BCUT2D eigenvalue weighted by Gasteiger charge is -2.26. The Hall–Kier alpha value is -2.96. The predicted molar refractivity (Wildman–Crippen MR) is 86.2 cm³/mol. The minimum absolute atomic E-state index is 0.0394. The lowest BCUT2D eigenvalue weighted by Crippen LogP contribution is -2.25. The van der Waals surface area contributed by atoms with E-state index in [4.69, 9.17) is 0 Å². The summed E-state index contributed by atoms with van der Waals surface area (Å²) in [5.41, 5.74) is 2.78. The highest BCUT2D eigenvalue weighted by molar-refractivity contribution is 5.74. The third-order valence-electron chi connectivity index (χ3n) is 4.44. The van der Waals surface area contributed by atoms with E-state index in [0.717, 1.165) is 16.9 Å². The van der Waals surface area contributed by atoms with Crippen molar-refractivity contribution in [1.29, 1.82) is 0 Å². The second kappa shape index (κ2) is 5.35. The van der Waals surface area contributed by atoms with Gasteiger partial charge in [-0.25, -0.2) is 0 Å². The predicted octanol–water partition coefficient (Wildman–Crippen LogP) is 4.15. The Morgan fingerprint density at radius 2 is 1.48 bits per heavy atom. The average molecular weight is 313 g/mol. The minimum atomic E-state index is -0.433. The number of non-ortho nitro benzene ring substituents is 2. The van der Waals surface area contributed by atoms with E-state index in [2.05, 4.69) is 4.90 Å². The maximum atomic E-state index is 11.0. The summed E-state index contributed by atoms with van der Waals surface area (Å²) in [6.07, 6.45) is 0. The van der Waals surface area contributed by atoms with Crippen LogP contribution < -0.4 is 4.90 Å². The smallest absolute Gasteiger partial charge is 0.269 e. The molecule has 0 spiro atoms. The van der Waals surface area contributed by atoms with Gasteiger partial charge in [-0.15, -0.1) is 0 Å². The van der Waals surface area contributed by atoms with Crippen molar-refractivity contribution < 1.29 is 9.85 Å². The molecule has 7 nitrogen and oxygen atoms in total. The average Bonchev–Trinajstić information content (AvgIpc) is 2.78. The van der Waals surface area contributed by atoms with Gasteiger partial charge in [0.15, 0.2) is 0 Å². The van der Waals surface area contributed by atoms with Crippen molar-refractivity contribution in [2.45, 2.75) is 25.8 Å². The normalized spacial score (nSPS) is 19.5. The van der Waals surface area contributed by atoms with E-state index in [0.29, 0.717) is 0 Å². The van der Waals surface area contributed by atoms with Gasteiger partial charge < -0.3 is 4.90 Å². The molecule has 1 aliphatic heterocycles. The van der Waals surface area contributed by atoms with Crippen molar-refractivity contribution in [3.63, 3.8) is 0 Å². The van der Waals surface area contributed by atoms with Crippen molar-refractivity contribution in [2.24, 2.45) is 0 Å². The molecule has 0 radical (unpaired) electrons. The number of rotatable bonds is 3. The molecule has 2 atom stereocenters. The maximum Gasteiger partial charge on any atom is 0.269 e. The lowest BCUT2D eigenvalue weighted by atomic mass is 9.98. The van der Waals surface area contributed by atoms with Crippen LogP contribution >= 0.6 is 0 Å². The number of hydrogen-bond donors (Lipinski definition) is 0. The third-order valence-corrected chi connectivity index (χ3v) is 4.44. The van der Waals surface area contributed by atoms with Crippen LogP contribution in [0, 0.1) is 20.2 Å². The molecule has 0 saturated heterocycles. The number of nitro benzene ring substituents is 2. The van der Waals surface area contributed by atoms with Crippen LogP contribution in [0.25, 0.3) is 0 Å². The molecule has 2 unspecified atom stereocenters. The Balaban J connectivity index is 2.05. The number of anilines is 2. The number of benzene rings is 2. The first-order valence-corrected chi connectivity index (χ1v) is 7.22. The SMILES string of the molecule is CC1c2cc([N+](=O)[O-])ccc2N(c2ccc([N+](=O)[O-])cc2)C1C. The van der Waals surface area contributed by atoms with Crippen LogP contribution in [0.1, 0.15) is 25.3 Å². The largest absolute Gasteiger partial charge is 0.338 e. The summed E-state index contributed by atoms with van der Waals surface area (Å²) in [6.45, 7) is 4.07. The van der Waals surface area contributed by atoms with Crippen LogP contribution in [0.5, 0.6) is 0 Å². The Morgan fingerprint density at radius 1 is 0.913 bits per heavy atom. The number of fused-ring (bicyclic) bond motifs is 1. The molecule has 0 aliphatic carbocycles. The Kier molecular flexibility index (Phi) is 3.48. The van der Waals surface area contributed by atoms with Crippen molar-refractivity contribution in [3.05, 3.63) is 68.3 Å². The topological polar surface area (TPSA) is 89.5 Å². The van der Waals surface area contributed by atoms with Gasteiger partial charge in [-0.1, -0.05) is 6.92 Å². The molecule has 7 heteroatoms. The summed E-state index contributed by atoms with van der Waals surface area (Å²) < 4.78 is 0. The number of nitro groups is 2. The first kappa shape index (κ1) is 15.0. The Bertz CT molecular complexity index is 788. The molecule has 0 saturated carbocycles. The summed E-state index contributed by atoms with van der Waals surface area (Å²) in [6, 6.07) is 11.3. The molecule has 0 N–H and O–H groups in total. The molecule has 0 fully saturated rings. The summed E-state index contributed by atoms with van der Waals surface area (Å²) >= 11 is 0. The van der Waals surface area contributed by atoms with Gasteiger partial charge in [-0.2, -0.15) is 0 Å². The van der Waals surface area contributed by atoms with Crippen LogP contribution in [0.4, 0.5) is 22.7 Å². The zero-order valence-corrected chi connectivity index (χ0v) is 12.7. The number of hydrogen-bond acceptors (Lipinski definition) is 5. The zero-order valence-electron chi connectivity index (χ0n) is 12.7. The number of nitrogens with zero attached hydrogens (tertiary/aromatic N) is 3. The van der Waals surface area contributed by atoms with E-state index in [-0.39, 0.29) is 23.3 Å². The van der Waals surface area contributed by atoms with Crippen molar-refractivity contribution in [1.82, 2.24) is 0 Å². The van der Waals surface area contributed by atoms with Crippen LogP contribution in [-0.4, -0.2) is 15.9 Å². The second-order valence-corrected chi connectivity index (χ2v) is 5.67. The van der Waals surface area contributed by atoms with E-state index in [1.807, 2.05) is 13.8 Å². The van der Waals surface area contributed by atoms with Crippen LogP contribution in [0.3, 0.4) is 0 Å². The van der Waals surface area contributed by atoms with Gasteiger partial charge >= 0.3 is 0 Å². The fourth-order valence-corrected chi connectivity index (χ4v) is 3.05. The molecule has 2 aromatic carbocycles. The van der Waals surface area contributed by atoms with Crippen LogP contribution in [0.2, 0.25) is 0 Å². The summed E-state index contributed by atoms with van der Waals surface area (Å²) in [5, 5.41) is 21.7. The molecule has 3 rings (SSSR count). The molecule has 1 heterocycles. The molecule has 23 heavy (non-hydrogen) atoms. The van der Waals surface area contributed by atoms with E-state index < -0.39 is 9.85 Å². The molecule has 0 amide bonds. The molecular formula is C16H15N3O4. The monoisotopic (exact) mass is 313 g/mol. The van der Waals surface area contributed by atoms with E-state index in [1.54, 1.807) is 24.3 Å². The van der Waals surface area contributed by atoms with E-state index in [1.165, 1.54) is 18.2 Å². The second-order valence-electron chi connectivity index (χ2n) is 5.67. The van der Waals surface area contributed by atoms with Gasteiger partial charge in [-0.05, 0) is 30.7 Å². The summed E-state index contributed by atoms with van der Waals surface area (Å²) in [5.74, 6) is 0.125. The Morgan fingerprint density at radius 3 is 2.04 bits per heavy atom. The van der Waals surface area contributed by atoms with Gasteiger partial charge in [0.2, 0.25) is 0 Å². The highest BCUT2D eigenvalue weighted by atomic mass is 16.6. The quantitative estimate of drug-likeness (QED) is 0.627.